The summed E-state index contributed by atoms with van der Waals surface area (Å²) in [6.07, 6.45) is 0. The first-order chi connectivity index (χ1) is 9.19. The minimum absolute atomic E-state index is 0. The molecular weight excluding hydrogens is 298 g/mol. The van der Waals surface area contributed by atoms with Gasteiger partial charge in [-0.15, -0.1) is 12.4 Å². The molecule has 0 aliphatic heterocycles. The third-order valence-electron chi connectivity index (χ3n) is 2.62. The number of nitrogens with two attached hydrogens (primary N) is 1. The van der Waals surface area contributed by atoms with Gasteiger partial charge in [0, 0.05) is 0 Å². The number of benzene rings is 1. The standard InChI is InChI=1S/C14H15NO3S.ClH/c1-3-18-13(16)12-11(15)10(14(17-2)19-12)9-7-5-4-6-8-9;/h4-8H,3,15H2,1-2H3;1H. The molecule has 0 bridgehead atoms. The topological polar surface area (TPSA) is 61.5 Å². The summed E-state index contributed by atoms with van der Waals surface area (Å²) >= 11 is 1.21. The largest absolute Gasteiger partial charge is 0.487 e. The van der Waals surface area contributed by atoms with Crippen LogP contribution in [0.3, 0.4) is 0 Å². The van der Waals surface area contributed by atoms with Gasteiger partial charge >= 0.3 is 5.97 Å². The van der Waals surface area contributed by atoms with Crippen LogP contribution >= 0.6 is 23.7 Å². The summed E-state index contributed by atoms with van der Waals surface area (Å²) in [5.74, 6) is -0.412. The van der Waals surface area contributed by atoms with Crippen molar-refractivity contribution >= 4 is 35.4 Å². The number of carbonyl (C=O) groups is 1. The fraction of sp³-hybridized carbons (Fsp3) is 0.214. The third-order valence-corrected chi connectivity index (χ3v) is 3.77. The Bertz CT molecular complexity index is 584. The summed E-state index contributed by atoms with van der Waals surface area (Å²) < 4.78 is 10.3. The number of ether oxygens (including phenoxy) is 2. The molecule has 20 heavy (non-hydrogen) atoms. The SMILES string of the molecule is CCOC(=O)c1sc(OC)c(-c2ccccc2)c1N.Cl. The van der Waals surface area contributed by atoms with E-state index in [0.717, 1.165) is 11.1 Å². The second kappa shape index (κ2) is 7.17. The molecule has 1 heterocycles. The molecule has 0 aliphatic rings. The Labute approximate surface area is 127 Å². The van der Waals surface area contributed by atoms with Gasteiger partial charge in [0.1, 0.15) is 4.88 Å². The molecule has 0 radical (unpaired) electrons. The summed E-state index contributed by atoms with van der Waals surface area (Å²) in [6.45, 7) is 2.08. The number of nitrogen functional groups attached to an aromatic ring is 1. The van der Waals surface area contributed by atoms with Crippen LogP contribution in [0.4, 0.5) is 5.69 Å². The summed E-state index contributed by atoms with van der Waals surface area (Å²) in [7, 11) is 1.56. The van der Waals surface area contributed by atoms with E-state index >= 15 is 0 Å². The lowest BCUT2D eigenvalue weighted by atomic mass is 10.1. The Morgan fingerprint density at radius 3 is 2.50 bits per heavy atom. The van der Waals surface area contributed by atoms with Crippen LogP contribution in [0.25, 0.3) is 11.1 Å². The maximum Gasteiger partial charge on any atom is 0.350 e. The maximum atomic E-state index is 11.8. The van der Waals surface area contributed by atoms with E-state index in [1.165, 1.54) is 11.3 Å². The van der Waals surface area contributed by atoms with Crippen molar-refractivity contribution in [3.8, 4) is 16.2 Å². The van der Waals surface area contributed by atoms with Crippen molar-refractivity contribution < 1.29 is 14.3 Å². The smallest absolute Gasteiger partial charge is 0.350 e. The zero-order valence-electron chi connectivity index (χ0n) is 11.2. The number of rotatable bonds is 4. The van der Waals surface area contributed by atoms with Gasteiger partial charge in [-0.3, -0.25) is 0 Å². The average molecular weight is 314 g/mol. The minimum Gasteiger partial charge on any atom is -0.487 e. The molecule has 6 heteroatoms. The van der Waals surface area contributed by atoms with Gasteiger partial charge in [-0.05, 0) is 12.5 Å². The van der Waals surface area contributed by atoms with Gasteiger partial charge in [-0.1, -0.05) is 41.7 Å². The molecule has 1 aromatic heterocycles. The van der Waals surface area contributed by atoms with Gasteiger partial charge in [-0.2, -0.15) is 0 Å². The summed E-state index contributed by atoms with van der Waals surface area (Å²) in [5, 5.41) is 0.617. The van der Waals surface area contributed by atoms with E-state index in [0.29, 0.717) is 22.2 Å². The molecule has 0 aliphatic carbocycles. The second-order valence-electron chi connectivity index (χ2n) is 3.80. The zero-order chi connectivity index (χ0) is 13.8. The molecule has 0 amide bonds. The van der Waals surface area contributed by atoms with Crippen molar-refractivity contribution in [2.45, 2.75) is 6.92 Å². The molecule has 0 fully saturated rings. The second-order valence-corrected chi connectivity index (χ2v) is 4.78. The highest BCUT2D eigenvalue weighted by Crippen LogP contribution is 2.44. The highest BCUT2D eigenvalue weighted by atomic mass is 35.5. The fourth-order valence-corrected chi connectivity index (χ4v) is 2.75. The number of esters is 1. The molecule has 4 nitrogen and oxygen atoms in total. The Balaban J connectivity index is 0.00000200. The number of methoxy groups -OCH3 is 1. The Hall–Kier alpha value is -1.72. The Morgan fingerprint density at radius 1 is 1.30 bits per heavy atom. The molecule has 0 atom stereocenters. The fourth-order valence-electron chi connectivity index (χ4n) is 1.79. The van der Waals surface area contributed by atoms with Crippen LogP contribution in [-0.2, 0) is 4.74 Å². The van der Waals surface area contributed by atoms with E-state index < -0.39 is 5.97 Å². The van der Waals surface area contributed by atoms with Crippen molar-refractivity contribution in [3.05, 3.63) is 35.2 Å². The summed E-state index contributed by atoms with van der Waals surface area (Å²) in [4.78, 5) is 12.2. The number of hydrogen-bond donors (Lipinski definition) is 1. The molecule has 0 unspecified atom stereocenters. The molecule has 0 spiro atoms. The summed E-state index contributed by atoms with van der Waals surface area (Å²) in [5.41, 5.74) is 8.15. The first kappa shape index (κ1) is 16.3. The van der Waals surface area contributed by atoms with Gasteiger partial charge in [0.05, 0.1) is 25.0 Å². The van der Waals surface area contributed by atoms with Crippen molar-refractivity contribution in [1.29, 1.82) is 0 Å². The molecular formula is C14H16ClNO3S. The maximum absolute atomic E-state index is 11.8. The lowest BCUT2D eigenvalue weighted by Crippen LogP contribution is -2.05. The van der Waals surface area contributed by atoms with Crippen LogP contribution in [0.5, 0.6) is 5.06 Å². The van der Waals surface area contributed by atoms with Crippen LogP contribution in [-0.4, -0.2) is 19.7 Å². The van der Waals surface area contributed by atoms with Crippen molar-refractivity contribution in [2.24, 2.45) is 0 Å². The van der Waals surface area contributed by atoms with Crippen molar-refractivity contribution in [3.63, 3.8) is 0 Å². The van der Waals surface area contributed by atoms with Crippen LogP contribution < -0.4 is 10.5 Å². The molecule has 2 rings (SSSR count). The minimum atomic E-state index is -0.412. The van der Waals surface area contributed by atoms with Gasteiger partial charge in [-0.25, -0.2) is 4.79 Å². The van der Waals surface area contributed by atoms with Crippen molar-refractivity contribution in [1.82, 2.24) is 0 Å². The Morgan fingerprint density at radius 2 is 1.95 bits per heavy atom. The van der Waals surface area contributed by atoms with E-state index in [4.69, 9.17) is 15.2 Å². The van der Waals surface area contributed by atoms with Crippen LogP contribution in [0.15, 0.2) is 30.3 Å². The van der Waals surface area contributed by atoms with E-state index in [9.17, 15) is 4.79 Å². The predicted octanol–water partition coefficient (Wildman–Crippen LogP) is 3.60. The number of halogens is 1. The predicted molar refractivity (Wildman–Crippen MR) is 83.9 cm³/mol. The van der Waals surface area contributed by atoms with Gasteiger partial charge in [0.15, 0.2) is 5.06 Å². The first-order valence-corrected chi connectivity index (χ1v) is 6.69. The van der Waals surface area contributed by atoms with Crippen molar-refractivity contribution in [2.75, 3.05) is 19.5 Å². The molecule has 0 saturated carbocycles. The summed E-state index contributed by atoms with van der Waals surface area (Å²) in [6, 6.07) is 9.60. The van der Waals surface area contributed by atoms with E-state index in [2.05, 4.69) is 0 Å². The van der Waals surface area contributed by atoms with Gasteiger partial charge < -0.3 is 15.2 Å². The number of anilines is 1. The number of carbonyl (C=O) groups excluding carboxylic acids is 1. The zero-order valence-corrected chi connectivity index (χ0v) is 12.8. The molecule has 2 N–H and O–H groups in total. The van der Waals surface area contributed by atoms with Gasteiger partial charge in [0.25, 0.3) is 0 Å². The number of thiophene rings is 1. The third kappa shape index (κ3) is 3.05. The number of hydrogen-bond acceptors (Lipinski definition) is 5. The van der Waals surface area contributed by atoms with E-state index in [-0.39, 0.29) is 12.4 Å². The average Bonchev–Trinajstić information content (AvgIpc) is 2.77. The van der Waals surface area contributed by atoms with Crippen LogP contribution in [0.2, 0.25) is 0 Å². The monoisotopic (exact) mass is 313 g/mol. The molecule has 2 aromatic rings. The molecule has 108 valence electrons. The quantitative estimate of drug-likeness (QED) is 0.876. The first-order valence-electron chi connectivity index (χ1n) is 5.87. The molecule has 1 aromatic carbocycles. The highest BCUT2D eigenvalue weighted by Gasteiger charge is 2.23. The van der Waals surface area contributed by atoms with Crippen LogP contribution in [0.1, 0.15) is 16.6 Å². The molecule has 0 saturated heterocycles. The normalized spacial score (nSPS) is 9.70. The van der Waals surface area contributed by atoms with E-state index in [1.807, 2.05) is 30.3 Å². The lowest BCUT2D eigenvalue weighted by Gasteiger charge is -2.04. The van der Waals surface area contributed by atoms with Gasteiger partial charge in [0.2, 0.25) is 0 Å². The lowest BCUT2D eigenvalue weighted by molar-refractivity contribution is 0.0533. The van der Waals surface area contributed by atoms with Crippen LogP contribution in [0, 0.1) is 0 Å². The van der Waals surface area contributed by atoms with E-state index in [1.54, 1.807) is 14.0 Å². The Kier molecular flexibility index (Phi) is 5.85. The highest BCUT2D eigenvalue weighted by molar-refractivity contribution is 7.17.